The van der Waals surface area contributed by atoms with Crippen molar-refractivity contribution in [1.29, 1.82) is 0 Å². The van der Waals surface area contributed by atoms with Crippen LogP contribution >= 0.6 is 0 Å². The van der Waals surface area contributed by atoms with Crippen LogP contribution in [0.1, 0.15) is 24.2 Å². The fourth-order valence-corrected chi connectivity index (χ4v) is 1.60. The zero-order valence-electron chi connectivity index (χ0n) is 8.62. The summed E-state index contributed by atoms with van der Waals surface area (Å²) in [5, 5.41) is 3.41. The van der Waals surface area contributed by atoms with Gasteiger partial charge in [0.1, 0.15) is 5.82 Å². The first-order valence-corrected chi connectivity index (χ1v) is 4.97. The van der Waals surface area contributed by atoms with Crippen LogP contribution in [0.5, 0.6) is 0 Å². The van der Waals surface area contributed by atoms with Crippen LogP contribution in [-0.2, 0) is 0 Å². The van der Waals surface area contributed by atoms with Crippen molar-refractivity contribution in [3.05, 3.63) is 29.7 Å². The number of anilines is 1. The highest BCUT2D eigenvalue weighted by Gasteiger charge is 2.11. The Balaban J connectivity index is 2.11. The van der Waals surface area contributed by atoms with Crippen molar-refractivity contribution < 1.29 is 0 Å². The maximum Gasteiger partial charge on any atom is 0.147 e. The summed E-state index contributed by atoms with van der Waals surface area (Å²) in [6.45, 7) is 3.95. The first kappa shape index (κ1) is 9.19. The molecule has 0 fully saturated rings. The first-order chi connectivity index (χ1) is 6.75. The third-order valence-corrected chi connectivity index (χ3v) is 2.42. The summed E-state index contributed by atoms with van der Waals surface area (Å²) in [6.07, 6.45) is 8.39. The highest BCUT2D eigenvalue weighted by molar-refractivity contribution is 5.41. The molecule has 0 bridgehead atoms. The van der Waals surface area contributed by atoms with Crippen molar-refractivity contribution in [1.82, 2.24) is 9.97 Å². The monoisotopic (exact) mass is 189 g/mol. The van der Waals surface area contributed by atoms with Crippen LogP contribution in [0, 0.1) is 13.8 Å². The fraction of sp³-hybridized carbons (Fsp3) is 0.455. The Labute approximate surface area is 84.3 Å². The number of nitrogens with one attached hydrogen (secondary N) is 1. The highest BCUT2D eigenvalue weighted by Crippen LogP contribution is 2.17. The quantitative estimate of drug-likeness (QED) is 0.725. The number of rotatable bonds is 2. The molecule has 1 aromatic rings. The molecule has 74 valence electrons. The minimum atomic E-state index is 0.504. The van der Waals surface area contributed by atoms with Crippen molar-refractivity contribution in [2.24, 2.45) is 0 Å². The summed E-state index contributed by atoms with van der Waals surface area (Å²) in [7, 11) is 0. The van der Waals surface area contributed by atoms with Crippen LogP contribution < -0.4 is 5.32 Å². The molecular weight excluding hydrogens is 174 g/mol. The Hall–Kier alpha value is -1.38. The van der Waals surface area contributed by atoms with Crippen molar-refractivity contribution in [2.45, 2.75) is 32.7 Å². The topological polar surface area (TPSA) is 37.8 Å². The molecular formula is C11H15N3. The van der Waals surface area contributed by atoms with E-state index in [9.17, 15) is 0 Å². The molecule has 0 atom stereocenters. The van der Waals surface area contributed by atoms with E-state index in [2.05, 4.69) is 27.4 Å². The Bertz CT molecular complexity index is 350. The van der Waals surface area contributed by atoms with Gasteiger partial charge in [0.2, 0.25) is 0 Å². The van der Waals surface area contributed by atoms with Crippen LogP contribution in [0.15, 0.2) is 18.3 Å². The van der Waals surface area contributed by atoms with Gasteiger partial charge in [0.05, 0.1) is 11.4 Å². The molecule has 0 radical (unpaired) electrons. The molecule has 0 unspecified atom stereocenters. The summed E-state index contributed by atoms with van der Waals surface area (Å²) in [5.74, 6) is 0.929. The van der Waals surface area contributed by atoms with Gasteiger partial charge in [0.25, 0.3) is 0 Å². The van der Waals surface area contributed by atoms with Gasteiger partial charge in [-0.2, -0.15) is 0 Å². The molecule has 0 spiro atoms. The lowest BCUT2D eigenvalue weighted by Gasteiger charge is -2.14. The number of hydrogen-bond donors (Lipinski definition) is 1. The van der Waals surface area contributed by atoms with Crippen molar-refractivity contribution in [2.75, 3.05) is 5.32 Å². The second-order valence-electron chi connectivity index (χ2n) is 3.73. The second kappa shape index (κ2) is 3.78. The van der Waals surface area contributed by atoms with Gasteiger partial charge in [-0.25, -0.2) is 4.98 Å². The third-order valence-electron chi connectivity index (χ3n) is 2.42. The van der Waals surface area contributed by atoms with Crippen LogP contribution in [-0.4, -0.2) is 16.0 Å². The Morgan fingerprint density at radius 3 is 2.71 bits per heavy atom. The molecule has 0 saturated carbocycles. The Kier molecular flexibility index (Phi) is 2.48. The average molecular weight is 189 g/mol. The van der Waals surface area contributed by atoms with Gasteiger partial charge in [0, 0.05) is 12.2 Å². The van der Waals surface area contributed by atoms with Gasteiger partial charge in [-0.05, 0) is 26.7 Å². The zero-order valence-corrected chi connectivity index (χ0v) is 8.62. The SMILES string of the molecule is Cc1cnc(C)c(NC2CC=CC2)n1. The van der Waals surface area contributed by atoms with E-state index in [4.69, 9.17) is 0 Å². The van der Waals surface area contributed by atoms with Gasteiger partial charge in [-0.3, -0.25) is 4.98 Å². The number of hydrogen-bond acceptors (Lipinski definition) is 3. The van der Waals surface area contributed by atoms with Gasteiger partial charge in [-0.15, -0.1) is 0 Å². The van der Waals surface area contributed by atoms with Crippen molar-refractivity contribution in [3.63, 3.8) is 0 Å². The van der Waals surface area contributed by atoms with E-state index in [1.54, 1.807) is 6.20 Å². The molecule has 1 aliphatic carbocycles. The van der Waals surface area contributed by atoms with E-state index in [1.807, 2.05) is 13.8 Å². The number of nitrogens with zero attached hydrogens (tertiary/aromatic N) is 2. The summed E-state index contributed by atoms with van der Waals surface area (Å²) in [5.41, 5.74) is 1.94. The maximum absolute atomic E-state index is 4.43. The summed E-state index contributed by atoms with van der Waals surface area (Å²) >= 11 is 0. The zero-order chi connectivity index (χ0) is 9.97. The van der Waals surface area contributed by atoms with E-state index in [1.165, 1.54) is 0 Å². The highest BCUT2D eigenvalue weighted by atomic mass is 15.0. The first-order valence-electron chi connectivity index (χ1n) is 4.97. The van der Waals surface area contributed by atoms with Gasteiger partial charge >= 0.3 is 0 Å². The normalized spacial score (nSPS) is 16.1. The van der Waals surface area contributed by atoms with Crippen LogP contribution in [0.2, 0.25) is 0 Å². The molecule has 0 saturated heterocycles. The molecule has 2 rings (SSSR count). The summed E-state index contributed by atoms with van der Waals surface area (Å²) in [6, 6.07) is 0.504. The van der Waals surface area contributed by atoms with E-state index < -0.39 is 0 Å². The third kappa shape index (κ3) is 1.92. The molecule has 0 aromatic carbocycles. The van der Waals surface area contributed by atoms with Crippen molar-refractivity contribution >= 4 is 5.82 Å². The molecule has 3 heteroatoms. The summed E-state index contributed by atoms with van der Waals surface area (Å²) in [4.78, 5) is 8.71. The molecule has 0 aliphatic heterocycles. The molecule has 1 aromatic heterocycles. The lowest BCUT2D eigenvalue weighted by molar-refractivity contribution is 0.775. The van der Waals surface area contributed by atoms with E-state index >= 15 is 0 Å². The maximum atomic E-state index is 4.43. The Morgan fingerprint density at radius 1 is 1.29 bits per heavy atom. The van der Waals surface area contributed by atoms with Crippen LogP contribution in [0.4, 0.5) is 5.82 Å². The molecule has 0 amide bonds. The van der Waals surface area contributed by atoms with Gasteiger partial charge < -0.3 is 5.32 Å². The predicted molar refractivity (Wildman–Crippen MR) is 57.3 cm³/mol. The lowest BCUT2D eigenvalue weighted by Crippen LogP contribution is -2.17. The average Bonchev–Trinajstić information content (AvgIpc) is 2.64. The molecule has 1 heterocycles. The number of aromatic nitrogens is 2. The lowest BCUT2D eigenvalue weighted by atomic mass is 10.2. The molecule has 1 aliphatic rings. The predicted octanol–water partition coefficient (Wildman–Crippen LogP) is 2.22. The van der Waals surface area contributed by atoms with Crippen molar-refractivity contribution in [3.8, 4) is 0 Å². The Morgan fingerprint density at radius 2 is 2.00 bits per heavy atom. The van der Waals surface area contributed by atoms with E-state index in [0.717, 1.165) is 30.0 Å². The van der Waals surface area contributed by atoms with E-state index in [-0.39, 0.29) is 0 Å². The second-order valence-corrected chi connectivity index (χ2v) is 3.73. The number of aryl methyl sites for hydroxylation is 2. The van der Waals surface area contributed by atoms with Crippen LogP contribution in [0.3, 0.4) is 0 Å². The molecule has 3 nitrogen and oxygen atoms in total. The summed E-state index contributed by atoms with van der Waals surface area (Å²) < 4.78 is 0. The smallest absolute Gasteiger partial charge is 0.147 e. The van der Waals surface area contributed by atoms with Gasteiger partial charge in [-0.1, -0.05) is 12.2 Å². The van der Waals surface area contributed by atoms with Crippen LogP contribution in [0.25, 0.3) is 0 Å². The molecule has 14 heavy (non-hydrogen) atoms. The standard InChI is InChI=1S/C11H15N3/c1-8-7-12-9(2)11(13-8)14-10-5-3-4-6-10/h3-4,7,10H,5-6H2,1-2H3,(H,13,14). The fourth-order valence-electron chi connectivity index (χ4n) is 1.60. The minimum absolute atomic E-state index is 0.504. The van der Waals surface area contributed by atoms with E-state index in [0.29, 0.717) is 6.04 Å². The van der Waals surface area contributed by atoms with Gasteiger partial charge in [0.15, 0.2) is 0 Å². The minimum Gasteiger partial charge on any atom is -0.365 e. The molecule has 1 N–H and O–H groups in total. The largest absolute Gasteiger partial charge is 0.365 e.